The van der Waals surface area contributed by atoms with Crippen LogP contribution in [-0.2, 0) is 0 Å². The molecular formula is C12H21N5O2. The molecule has 0 saturated heterocycles. The Morgan fingerprint density at radius 3 is 2.68 bits per heavy atom. The molecule has 2 N–H and O–H groups in total. The minimum absolute atomic E-state index is 0.00602. The van der Waals surface area contributed by atoms with Gasteiger partial charge >= 0.3 is 5.69 Å². The SMILES string of the molecule is CCNc1ccc([N+](=O)[O-])c(NCCCN(C)C)n1. The predicted molar refractivity (Wildman–Crippen MR) is 76.7 cm³/mol. The molecule has 0 aliphatic heterocycles. The maximum atomic E-state index is 10.9. The van der Waals surface area contributed by atoms with E-state index in [9.17, 15) is 10.1 Å². The van der Waals surface area contributed by atoms with Gasteiger partial charge < -0.3 is 15.5 Å². The van der Waals surface area contributed by atoms with Crippen LogP contribution in [0.2, 0.25) is 0 Å². The zero-order chi connectivity index (χ0) is 14.3. The maximum Gasteiger partial charge on any atom is 0.311 e. The van der Waals surface area contributed by atoms with Gasteiger partial charge in [0, 0.05) is 19.2 Å². The molecule has 0 saturated carbocycles. The summed E-state index contributed by atoms with van der Waals surface area (Å²) in [6.07, 6.45) is 0.900. The van der Waals surface area contributed by atoms with E-state index in [-0.39, 0.29) is 5.69 Å². The molecule has 7 heteroatoms. The van der Waals surface area contributed by atoms with E-state index in [4.69, 9.17) is 0 Å². The van der Waals surface area contributed by atoms with Gasteiger partial charge in [-0.25, -0.2) is 4.98 Å². The van der Waals surface area contributed by atoms with Gasteiger partial charge in [-0.1, -0.05) is 0 Å². The smallest absolute Gasteiger partial charge is 0.311 e. The highest BCUT2D eigenvalue weighted by atomic mass is 16.6. The van der Waals surface area contributed by atoms with Crippen molar-refractivity contribution in [3.05, 3.63) is 22.2 Å². The van der Waals surface area contributed by atoms with E-state index < -0.39 is 4.92 Å². The van der Waals surface area contributed by atoms with Crippen molar-refractivity contribution in [2.45, 2.75) is 13.3 Å². The van der Waals surface area contributed by atoms with Crippen LogP contribution in [0.4, 0.5) is 17.3 Å². The molecule has 0 fully saturated rings. The van der Waals surface area contributed by atoms with E-state index >= 15 is 0 Å². The second-order valence-electron chi connectivity index (χ2n) is 4.44. The average molecular weight is 267 g/mol. The Bertz CT molecular complexity index is 423. The number of nitro groups is 1. The largest absolute Gasteiger partial charge is 0.370 e. The second-order valence-corrected chi connectivity index (χ2v) is 4.44. The van der Waals surface area contributed by atoms with Crippen molar-refractivity contribution in [2.24, 2.45) is 0 Å². The predicted octanol–water partition coefficient (Wildman–Crippen LogP) is 1.79. The Labute approximate surface area is 113 Å². The molecule has 1 aromatic heterocycles. The third kappa shape index (κ3) is 5.09. The number of pyridine rings is 1. The van der Waals surface area contributed by atoms with Gasteiger partial charge in [-0.2, -0.15) is 0 Å². The fourth-order valence-electron chi connectivity index (χ4n) is 1.61. The maximum absolute atomic E-state index is 10.9. The monoisotopic (exact) mass is 267 g/mol. The Kier molecular flexibility index (Phi) is 6.01. The average Bonchev–Trinajstić information content (AvgIpc) is 2.34. The molecule has 0 bridgehead atoms. The van der Waals surface area contributed by atoms with Crippen molar-refractivity contribution in [1.29, 1.82) is 0 Å². The summed E-state index contributed by atoms with van der Waals surface area (Å²) in [5.74, 6) is 0.963. The Hall–Kier alpha value is -1.89. The molecule has 1 heterocycles. The lowest BCUT2D eigenvalue weighted by molar-refractivity contribution is -0.384. The molecular weight excluding hydrogens is 246 g/mol. The van der Waals surface area contributed by atoms with Crippen molar-refractivity contribution in [2.75, 3.05) is 44.4 Å². The summed E-state index contributed by atoms with van der Waals surface area (Å²) in [5.41, 5.74) is 0.00602. The highest BCUT2D eigenvalue weighted by molar-refractivity contribution is 5.60. The fourth-order valence-corrected chi connectivity index (χ4v) is 1.61. The number of nitrogens with zero attached hydrogens (tertiary/aromatic N) is 3. The fraction of sp³-hybridized carbons (Fsp3) is 0.583. The van der Waals surface area contributed by atoms with Crippen molar-refractivity contribution in [1.82, 2.24) is 9.88 Å². The minimum Gasteiger partial charge on any atom is -0.370 e. The Morgan fingerprint density at radius 1 is 1.37 bits per heavy atom. The van der Waals surface area contributed by atoms with Gasteiger partial charge in [0.15, 0.2) is 0 Å². The summed E-state index contributed by atoms with van der Waals surface area (Å²) in [6, 6.07) is 3.09. The molecule has 0 aliphatic rings. The van der Waals surface area contributed by atoms with E-state index in [2.05, 4.69) is 20.5 Å². The van der Waals surface area contributed by atoms with E-state index in [1.54, 1.807) is 6.07 Å². The number of rotatable bonds is 8. The molecule has 1 rings (SSSR count). The topological polar surface area (TPSA) is 83.3 Å². The van der Waals surface area contributed by atoms with Gasteiger partial charge in [0.05, 0.1) is 4.92 Å². The quantitative estimate of drug-likeness (QED) is 0.424. The summed E-state index contributed by atoms with van der Waals surface area (Å²) in [5, 5.41) is 17.0. The Balaban J connectivity index is 2.71. The summed E-state index contributed by atoms with van der Waals surface area (Å²) >= 11 is 0. The molecule has 0 aromatic carbocycles. The van der Waals surface area contributed by atoms with Gasteiger partial charge in [0.25, 0.3) is 0 Å². The third-order valence-corrected chi connectivity index (χ3v) is 2.50. The second kappa shape index (κ2) is 7.52. The van der Waals surface area contributed by atoms with Crippen LogP contribution < -0.4 is 10.6 Å². The molecule has 1 aromatic rings. The molecule has 19 heavy (non-hydrogen) atoms. The van der Waals surface area contributed by atoms with Crippen molar-refractivity contribution < 1.29 is 4.92 Å². The lowest BCUT2D eigenvalue weighted by atomic mass is 10.3. The van der Waals surface area contributed by atoms with Gasteiger partial charge in [-0.3, -0.25) is 10.1 Å². The molecule has 0 unspecified atom stereocenters. The molecule has 0 aliphatic carbocycles. The van der Waals surface area contributed by atoms with Crippen LogP contribution in [0.5, 0.6) is 0 Å². The highest BCUT2D eigenvalue weighted by Gasteiger charge is 2.15. The van der Waals surface area contributed by atoms with Crippen LogP contribution in [0.15, 0.2) is 12.1 Å². The molecule has 0 spiro atoms. The van der Waals surface area contributed by atoms with Crippen LogP contribution in [-0.4, -0.2) is 48.5 Å². The standard InChI is InChI=1S/C12H21N5O2/c1-4-13-11-7-6-10(17(18)19)12(15-11)14-8-5-9-16(2)3/h6-7H,4-5,8-9H2,1-3H3,(H2,13,14,15). The molecule has 106 valence electrons. The minimum atomic E-state index is -0.420. The van der Waals surface area contributed by atoms with Crippen LogP contribution in [0.3, 0.4) is 0 Å². The summed E-state index contributed by atoms with van der Waals surface area (Å²) < 4.78 is 0. The zero-order valence-corrected chi connectivity index (χ0v) is 11.6. The molecule has 7 nitrogen and oxygen atoms in total. The number of nitrogens with one attached hydrogen (secondary N) is 2. The van der Waals surface area contributed by atoms with E-state index in [1.165, 1.54) is 6.07 Å². The third-order valence-electron chi connectivity index (χ3n) is 2.50. The number of hydrogen-bond donors (Lipinski definition) is 2. The first-order valence-electron chi connectivity index (χ1n) is 6.32. The van der Waals surface area contributed by atoms with Crippen molar-refractivity contribution in [3.8, 4) is 0 Å². The van der Waals surface area contributed by atoms with Crippen LogP contribution in [0, 0.1) is 10.1 Å². The van der Waals surface area contributed by atoms with Gasteiger partial charge in [-0.05, 0) is 40.1 Å². The first kappa shape index (κ1) is 15.2. The van der Waals surface area contributed by atoms with Gasteiger partial charge in [0.2, 0.25) is 5.82 Å². The van der Waals surface area contributed by atoms with Crippen LogP contribution in [0.25, 0.3) is 0 Å². The van der Waals surface area contributed by atoms with E-state index in [0.717, 1.165) is 19.5 Å². The van der Waals surface area contributed by atoms with Crippen molar-refractivity contribution in [3.63, 3.8) is 0 Å². The van der Waals surface area contributed by atoms with Crippen LogP contribution >= 0.6 is 0 Å². The first-order chi connectivity index (χ1) is 9.04. The summed E-state index contributed by atoms with van der Waals surface area (Å²) in [4.78, 5) is 16.8. The van der Waals surface area contributed by atoms with Gasteiger partial charge in [0.1, 0.15) is 5.82 Å². The molecule has 0 radical (unpaired) electrons. The highest BCUT2D eigenvalue weighted by Crippen LogP contribution is 2.23. The lowest BCUT2D eigenvalue weighted by Crippen LogP contribution is -2.17. The van der Waals surface area contributed by atoms with E-state index in [0.29, 0.717) is 18.2 Å². The Morgan fingerprint density at radius 2 is 2.11 bits per heavy atom. The number of aromatic nitrogens is 1. The van der Waals surface area contributed by atoms with Crippen LogP contribution in [0.1, 0.15) is 13.3 Å². The number of hydrogen-bond acceptors (Lipinski definition) is 6. The zero-order valence-electron chi connectivity index (χ0n) is 11.6. The summed E-state index contributed by atoms with van der Waals surface area (Å²) in [6.45, 7) is 4.26. The van der Waals surface area contributed by atoms with E-state index in [1.807, 2.05) is 21.0 Å². The first-order valence-corrected chi connectivity index (χ1v) is 6.32. The molecule has 0 amide bonds. The lowest BCUT2D eigenvalue weighted by Gasteiger charge is -2.11. The van der Waals surface area contributed by atoms with Crippen molar-refractivity contribution >= 4 is 17.3 Å². The summed E-state index contributed by atoms with van der Waals surface area (Å²) in [7, 11) is 3.99. The number of anilines is 2. The normalized spacial score (nSPS) is 10.5. The molecule has 0 atom stereocenters. The van der Waals surface area contributed by atoms with Gasteiger partial charge in [-0.15, -0.1) is 0 Å².